The minimum Gasteiger partial charge on any atom is -0.461 e. The molecule has 0 aromatic carbocycles. The first-order valence-corrected chi connectivity index (χ1v) is 5.33. The Morgan fingerprint density at radius 1 is 1.25 bits per heavy atom. The molecular weight excluding hydrogens is 216 g/mol. The molecule has 0 amide bonds. The van der Waals surface area contributed by atoms with Crippen molar-refractivity contribution in [3.63, 3.8) is 0 Å². The molecule has 3 aliphatic rings. The van der Waals surface area contributed by atoms with E-state index in [1.807, 2.05) is 13.8 Å². The van der Waals surface area contributed by atoms with E-state index in [0.717, 1.165) is 0 Å². The normalized spacial score (nSPS) is 45.8. The molecule has 0 saturated carbocycles. The average Bonchev–Trinajstić information content (AvgIpc) is 2.56. The molecule has 3 fully saturated rings. The third-order valence-corrected chi connectivity index (χ3v) is 2.89. The van der Waals surface area contributed by atoms with Crippen LogP contribution in [0.15, 0.2) is 0 Å². The molecule has 3 aliphatic heterocycles. The van der Waals surface area contributed by atoms with Crippen molar-refractivity contribution < 1.29 is 28.5 Å². The highest BCUT2D eigenvalue weighted by atomic mass is 16.8. The summed E-state index contributed by atoms with van der Waals surface area (Å²) in [6, 6.07) is 0. The summed E-state index contributed by atoms with van der Waals surface area (Å²) in [6.45, 7) is 3.78. The third-order valence-electron chi connectivity index (χ3n) is 2.89. The summed E-state index contributed by atoms with van der Waals surface area (Å²) >= 11 is 0. The van der Waals surface area contributed by atoms with Crippen molar-refractivity contribution in [1.82, 2.24) is 0 Å². The Morgan fingerprint density at radius 2 is 2.06 bits per heavy atom. The van der Waals surface area contributed by atoms with E-state index in [2.05, 4.69) is 0 Å². The van der Waals surface area contributed by atoms with Crippen molar-refractivity contribution >= 4 is 5.97 Å². The van der Waals surface area contributed by atoms with Gasteiger partial charge < -0.3 is 23.7 Å². The quantitative estimate of drug-likeness (QED) is 0.537. The zero-order valence-corrected chi connectivity index (χ0v) is 9.17. The van der Waals surface area contributed by atoms with Gasteiger partial charge in [0, 0.05) is 0 Å². The number of cyclic esters (lactones) is 1. The molecule has 0 aliphatic carbocycles. The van der Waals surface area contributed by atoms with E-state index >= 15 is 0 Å². The van der Waals surface area contributed by atoms with Crippen LogP contribution in [0.3, 0.4) is 0 Å². The van der Waals surface area contributed by atoms with E-state index in [4.69, 9.17) is 23.7 Å². The van der Waals surface area contributed by atoms with Crippen LogP contribution in [-0.2, 0) is 28.5 Å². The molecule has 16 heavy (non-hydrogen) atoms. The fourth-order valence-electron chi connectivity index (χ4n) is 2.26. The number of ether oxygens (including phenoxy) is 5. The lowest BCUT2D eigenvalue weighted by Crippen LogP contribution is -2.37. The lowest BCUT2D eigenvalue weighted by molar-refractivity contribution is -0.218. The standard InChI is InChI=1S/C10H14O6/c1-10(2)15-8-7-5(14-9(8)16-10)3-12-6(11)4-13-7/h5,7-9H,3-4H2,1-2H3/t5-,7+,8-,9-/m1/s1. The van der Waals surface area contributed by atoms with Crippen molar-refractivity contribution in [2.24, 2.45) is 0 Å². The summed E-state index contributed by atoms with van der Waals surface area (Å²) in [5, 5.41) is 0. The van der Waals surface area contributed by atoms with Gasteiger partial charge >= 0.3 is 5.97 Å². The lowest BCUT2D eigenvalue weighted by atomic mass is 10.1. The van der Waals surface area contributed by atoms with Gasteiger partial charge in [-0.1, -0.05) is 0 Å². The fourth-order valence-corrected chi connectivity index (χ4v) is 2.26. The van der Waals surface area contributed by atoms with Gasteiger partial charge in [-0.3, -0.25) is 0 Å². The Morgan fingerprint density at radius 3 is 2.88 bits per heavy atom. The number of fused-ring (bicyclic) bond motifs is 3. The second kappa shape index (κ2) is 3.40. The van der Waals surface area contributed by atoms with Crippen molar-refractivity contribution in [3.05, 3.63) is 0 Å². The van der Waals surface area contributed by atoms with Crippen LogP contribution in [0.5, 0.6) is 0 Å². The Bertz CT molecular complexity index is 314. The van der Waals surface area contributed by atoms with Crippen LogP contribution < -0.4 is 0 Å². The van der Waals surface area contributed by atoms with Gasteiger partial charge in [-0.15, -0.1) is 0 Å². The molecule has 3 saturated heterocycles. The van der Waals surface area contributed by atoms with Gasteiger partial charge in [-0.25, -0.2) is 4.79 Å². The fraction of sp³-hybridized carbons (Fsp3) is 0.900. The van der Waals surface area contributed by atoms with Crippen LogP contribution in [0.2, 0.25) is 0 Å². The molecule has 0 unspecified atom stereocenters. The van der Waals surface area contributed by atoms with Gasteiger partial charge in [0.2, 0.25) is 0 Å². The van der Waals surface area contributed by atoms with Crippen LogP contribution in [0, 0.1) is 0 Å². The number of carbonyl (C=O) groups excluding carboxylic acids is 1. The minimum absolute atomic E-state index is 0.0580. The van der Waals surface area contributed by atoms with E-state index in [9.17, 15) is 4.79 Å². The molecule has 0 N–H and O–H groups in total. The number of carbonyl (C=O) groups is 1. The van der Waals surface area contributed by atoms with Gasteiger partial charge in [-0.2, -0.15) is 0 Å². The summed E-state index contributed by atoms with van der Waals surface area (Å²) in [7, 11) is 0. The maximum Gasteiger partial charge on any atom is 0.332 e. The number of hydrogen-bond acceptors (Lipinski definition) is 6. The largest absolute Gasteiger partial charge is 0.461 e. The van der Waals surface area contributed by atoms with Crippen molar-refractivity contribution in [3.8, 4) is 0 Å². The topological polar surface area (TPSA) is 63.2 Å². The summed E-state index contributed by atoms with van der Waals surface area (Å²) < 4.78 is 27.2. The molecule has 0 aromatic heterocycles. The molecule has 3 heterocycles. The van der Waals surface area contributed by atoms with E-state index in [0.29, 0.717) is 0 Å². The van der Waals surface area contributed by atoms with Gasteiger partial charge in [-0.05, 0) is 13.8 Å². The van der Waals surface area contributed by atoms with E-state index in [1.54, 1.807) is 0 Å². The first kappa shape index (κ1) is 10.5. The van der Waals surface area contributed by atoms with Gasteiger partial charge in [0.05, 0.1) is 0 Å². The zero-order valence-electron chi connectivity index (χ0n) is 9.17. The van der Waals surface area contributed by atoms with Crippen LogP contribution in [0.25, 0.3) is 0 Å². The highest BCUT2D eigenvalue weighted by Crippen LogP contribution is 2.39. The van der Waals surface area contributed by atoms with E-state index < -0.39 is 12.1 Å². The smallest absolute Gasteiger partial charge is 0.332 e. The molecule has 6 heteroatoms. The second-order valence-electron chi connectivity index (χ2n) is 4.60. The molecule has 0 spiro atoms. The molecule has 4 atom stereocenters. The summed E-state index contributed by atoms with van der Waals surface area (Å²) in [6.07, 6.45) is -1.30. The number of rotatable bonds is 0. The van der Waals surface area contributed by atoms with Gasteiger partial charge in [0.15, 0.2) is 12.1 Å². The van der Waals surface area contributed by atoms with Crippen molar-refractivity contribution in [2.45, 2.75) is 44.2 Å². The SMILES string of the molecule is CC1(C)O[C@H]2O[C@@H]3COC(=O)CO[C@@H]3[C@H]2O1. The van der Waals surface area contributed by atoms with Crippen LogP contribution in [-0.4, -0.2) is 49.6 Å². The Hall–Kier alpha value is -0.690. The first-order chi connectivity index (χ1) is 7.55. The van der Waals surface area contributed by atoms with Crippen molar-refractivity contribution in [2.75, 3.05) is 13.2 Å². The van der Waals surface area contributed by atoms with Crippen LogP contribution in [0.4, 0.5) is 0 Å². The molecule has 90 valence electrons. The van der Waals surface area contributed by atoms with E-state index in [-0.39, 0.29) is 37.5 Å². The maximum absolute atomic E-state index is 11.1. The second-order valence-corrected chi connectivity index (χ2v) is 4.60. The summed E-state index contributed by atoms with van der Waals surface area (Å²) in [5.41, 5.74) is 0. The zero-order chi connectivity index (χ0) is 11.3. The molecule has 3 rings (SSSR count). The third kappa shape index (κ3) is 1.62. The summed E-state index contributed by atoms with van der Waals surface area (Å²) in [4.78, 5) is 11.1. The molecule has 0 aromatic rings. The maximum atomic E-state index is 11.1. The average molecular weight is 230 g/mol. The Kier molecular flexibility index (Phi) is 2.22. The van der Waals surface area contributed by atoms with E-state index in [1.165, 1.54) is 0 Å². The lowest BCUT2D eigenvalue weighted by Gasteiger charge is -2.23. The Labute approximate surface area is 92.7 Å². The molecule has 0 radical (unpaired) electrons. The summed E-state index contributed by atoms with van der Waals surface area (Å²) in [5.74, 6) is -1.03. The highest BCUT2D eigenvalue weighted by molar-refractivity contribution is 5.71. The first-order valence-electron chi connectivity index (χ1n) is 5.33. The minimum atomic E-state index is -0.666. The Balaban J connectivity index is 1.76. The molecule has 0 bridgehead atoms. The van der Waals surface area contributed by atoms with Gasteiger partial charge in [0.25, 0.3) is 0 Å². The van der Waals surface area contributed by atoms with Crippen molar-refractivity contribution in [1.29, 1.82) is 0 Å². The van der Waals surface area contributed by atoms with Crippen LogP contribution >= 0.6 is 0 Å². The molecule has 6 nitrogen and oxygen atoms in total. The highest BCUT2D eigenvalue weighted by Gasteiger charge is 2.56. The predicted octanol–water partition coefficient (Wildman–Crippen LogP) is -0.195. The number of esters is 1. The molecular formula is C10H14O6. The monoisotopic (exact) mass is 230 g/mol. The van der Waals surface area contributed by atoms with Gasteiger partial charge in [0.1, 0.15) is 31.5 Å². The predicted molar refractivity (Wildman–Crippen MR) is 49.4 cm³/mol. The number of hydrogen-bond donors (Lipinski definition) is 0. The van der Waals surface area contributed by atoms with Crippen LogP contribution in [0.1, 0.15) is 13.8 Å².